The molecule has 20 heavy (non-hydrogen) atoms. The van der Waals surface area contributed by atoms with Gasteiger partial charge in [0.25, 0.3) is 0 Å². The highest BCUT2D eigenvalue weighted by molar-refractivity contribution is 5.46. The van der Waals surface area contributed by atoms with E-state index in [9.17, 15) is 0 Å². The summed E-state index contributed by atoms with van der Waals surface area (Å²) in [6, 6.07) is 2.59. The van der Waals surface area contributed by atoms with Gasteiger partial charge in [-0.25, -0.2) is 4.98 Å². The second-order valence-corrected chi connectivity index (χ2v) is 5.35. The van der Waals surface area contributed by atoms with Crippen LogP contribution in [0.4, 0.5) is 11.8 Å². The second kappa shape index (κ2) is 7.40. The number of anilines is 2. The molecule has 0 spiro atoms. The number of nitrogen functional groups attached to an aromatic ring is 1. The minimum absolute atomic E-state index is 0.362. The van der Waals surface area contributed by atoms with Crippen LogP contribution in [0.15, 0.2) is 6.07 Å². The first-order valence-electron chi connectivity index (χ1n) is 7.49. The Labute approximate surface area is 121 Å². The number of aromatic nitrogens is 2. The van der Waals surface area contributed by atoms with Gasteiger partial charge in [0.15, 0.2) is 0 Å². The molecule has 0 aromatic carbocycles. The first-order valence-corrected chi connectivity index (χ1v) is 7.49. The predicted molar refractivity (Wildman–Crippen MR) is 82.7 cm³/mol. The Morgan fingerprint density at radius 3 is 2.85 bits per heavy atom. The van der Waals surface area contributed by atoms with Crippen molar-refractivity contribution in [1.82, 2.24) is 20.6 Å². The minimum Gasteiger partial charge on any atom is -0.368 e. The number of likely N-dealkylation sites (N-methyl/N-ethyl adjacent to an activating group) is 1. The molecule has 1 aromatic rings. The van der Waals surface area contributed by atoms with E-state index in [1.807, 2.05) is 13.1 Å². The van der Waals surface area contributed by atoms with Gasteiger partial charge in [0.2, 0.25) is 5.95 Å². The van der Waals surface area contributed by atoms with Crippen LogP contribution in [0.2, 0.25) is 0 Å². The number of hydrogen-bond acceptors (Lipinski definition) is 6. The van der Waals surface area contributed by atoms with E-state index in [0.717, 1.165) is 37.7 Å². The summed E-state index contributed by atoms with van der Waals surface area (Å²) in [6.45, 7) is 5.96. The fraction of sp³-hybridized carbons (Fsp3) is 0.714. The van der Waals surface area contributed by atoms with Gasteiger partial charge in [-0.05, 0) is 20.0 Å². The third-order valence-corrected chi connectivity index (χ3v) is 3.66. The Bertz CT molecular complexity index is 416. The average molecular weight is 278 g/mol. The molecule has 6 nitrogen and oxygen atoms in total. The van der Waals surface area contributed by atoms with Gasteiger partial charge in [0, 0.05) is 31.7 Å². The zero-order valence-electron chi connectivity index (χ0n) is 12.5. The topological polar surface area (TPSA) is 79.1 Å². The predicted octanol–water partition coefficient (Wildman–Crippen LogP) is 0.747. The monoisotopic (exact) mass is 278 g/mol. The van der Waals surface area contributed by atoms with Crippen molar-refractivity contribution in [2.75, 3.05) is 37.3 Å². The van der Waals surface area contributed by atoms with Gasteiger partial charge in [0.1, 0.15) is 5.82 Å². The summed E-state index contributed by atoms with van der Waals surface area (Å²) in [4.78, 5) is 10.8. The highest BCUT2D eigenvalue weighted by Gasteiger charge is 2.26. The molecule has 0 bridgehead atoms. The first-order chi connectivity index (χ1) is 9.72. The molecule has 0 amide bonds. The molecule has 0 radical (unpaired) electrons. The molecule has 2 rings (SSSR count). The Morgan fingerprint density at radius 1 is 1.35 bits per heavy atom. The van der Waals surface area contributed by atoms with E-state index >= 15 is 0 Å². The summed E-state index contributed by atoms with van der Waals surface area (Å²) in [6.07, 6.45) is 3.72. The number of nitrogens with two attached hydrogens (primary N) is 1. The summed E-state index contributed by atoms with van der Waals surface area (Å²) in [5.41, 5.74) is 6.77. The molecule has 6 heteroatoms. The molecule has 1 fully saturated rings. The number of hydrogen-bond donors (Lipinski definition) is 3. The van der Waals surface area contributed by atoms with Crippen molar-refractivity contribution in [3.8, 4) is 0 Å². The van der Waals surface area contributed by atoms with Crippen LogP contribution >= 0.6 is 0 Å². The first kappa shape index (κ1) is 15.0. The molecule has 1 aromatic heterocycles. The Balaban J connectivity index is 1.85. The summed E-state index contributed by atoms with van der Waals surface area (Å²) < 4.78 is 0. The lowest BCUT2D eigenvalue weighted by atomic mass is 10.1. The van der Waals surface area contributed by atoms with Gasteiger partial charge in [-0.3, -0.25) is 0 Å². The van der Waals surface area contributed by atoms with Gasteiger partial charge in [0.05, 0.1) is 5.69 Å². The Kier molecular flexibility index (Phi) is 5.55. The van der Waals surface area contributed by atoms with Crippen molar-refractivity contribution < 1.29 is 0 Å². The van der Waals surface area contributed by atoms with Crippen LogP contribution in [-0.2, 0) is 6.54 Å². The lowest BCUT2D eigenvalue weighted by Gasteiger charge is -2.40. The Morgan fingerprint density at radius 2 is 2.15 bits per heavy atom. The molecular weight excluding hydrogens is 252 g/mol. The van der Waals surface area contributed by atoms with Gasteiger partial charge >= 0.3 is 0 Å². The molecule has 1 aliphatic heterocycles. The summed E-state index contributed by atoms with van der Waals surface area (Å²) >= 11 is 0. The summed E-state index contributed by atoms with van der Waals surface area (Å²) in [5.74, 6) is 1.30. The average Bonchev–Trinajstić information content (AvgIpc) is 2.37. The van der Waals surface area contributed by atoms with Crippen LogP contribution in [0, 0.1) is 0 Å². The number of nitrogens with zero attached hydrogens (tertiary/aromatic N) is 3. The van der Waals surface area contributed by atoms with Crippen LogP contribution < -0.4 is 21.3 Å². The maximum Gasteiger partial charge on any atom is 0.222 e. The van der Waals surface area contributed by atoms with E-state index in [-0.39, 0.29) is 0 Å². The van der Waals surface area contributed by atoms with Crippen LogP contribution in [0.5, 0.6) is 0 Å². The lowest BCUT2D eigenvalue weighted by molar-refractivity contribution is 0.447. The van der Waals surface area contributed by atoms with Crippen molar-refractivity contribution >= 4 is 11.8 Å². The van der Waals surface area contributed by atoms with Crippen molar-refractivity contribution in [2.45, 2.75) is 38.8 Å². The van der Waals surface area contributed by atoms with Gasteiger partial charge in [-0.1, -0.05) is 19.8 Å². The van der Waals surface area contributed by atoms with Gasteiger partial charge in [-0.15, -0.1) is 0 Å². The fourth-order valence-electron chi connectivity index (χ4n) is 2.32. The quantitative estimate of drug-likeness (QED) is 0.609. The standard InChI is InChI=1S/C14H26N6/c1-3-4-5-6-17-8-11-7-13(19-14(15)18-11)20-9-12(10-20)16-2/h7,12,16-17H,3-6,8-10H2,1-2H3,(H2,15,18,19). The van der Waals surface area contributed by atoms with E-state index in [1.54, 1.807) is 0 Å². The number of nitrogens with one attached hydrogen (secondary N) is 2. The zero-order valence-corrected chi connectivity index (χ0v) is 12.5. The molecule has 0 atom stereocenters. The third kappa shape index (κ3) is 4.05. The molecule has 4 N–H and O–H groups in total. The molecule has 1 saturated heterocycles. The third-order valence-electron chi connectivity index (χ3n) is 3.66. The minimum atomic E-state index is 0.362. The fourth-order valence-corrected chi connectivity index (χ4v) is 2.32. The maximum absolute atomic E-state index is 5.80. The zero-order chi connectivity index (χ0) is 14.4. The Hall–Kier alpha value is -1.40. The van der Waals surface area contributed by atoms with Crippen molar-refractivity contribution in [3.63, 3.8) is 0 Å². The molecule has 112 valence electrons. The smallest absolute Gasteiger partial charge is 0.222 e. The van der Waals surface area contributed by atoms with Crippen LogP contribution in [0.3, 0.4) is 0 Å². The SMILES string of the molecule is CCCCCNCc1cc(N2CC(NC)C2)nc(N)n1. The largest absolute Gasteiger partial charge is 0.368 e. The van der Waals surface area contributed by atoms with E-state index < -0.39 is 0 Å². The van der Waals surface area contributed by atoms with Crippen LogP contribution in [0.25, 0.3) is 0 Å². The highest BCUT2D eigenvalue weighted by Crippen LogP contribution is 2.19. The molecule has 0 saturated carbocycles. The van der Waals surface area contributed by atoms with Crippen molar-refractivity contribution in [2.24, 2.45) is 0 Å². The molecule has 2 heterocycles. The van der Waals surface area contributed by atoms with E-state index in [4.69, 9.17) is 5.73 Å². The maximum atomic E-state index is 5.80. The normalized spacial score (nSPS) is 15.4. The van der Waals surface area contributed by atoms with Crippen molar-refractivity contribution in [1.29, 1.82) is 0 Å². The van der Waals surface area contributed by atoms with E-state index in [0.29, 0.717) is 12.0 Å². The second-order valence-electron chi connectivity index (χ2n) is 5.35. The number of unbranched alkanes of at least 4 members (excludes halogenated alkanes) is 2. The molecular formula is C14H26N6. The van der Waals surface area contributed by atoms with Crippen LogP contribution in [-0.4, -0.2) is 42.7 Å². The van der Waals surface area contributed by atoms with Crippen LogP contribution in [0.1, 0.15) is 31.9 Å². The number of rotatable bonds is 8. The molecule has 1 aliphatic rings. The van der Waals surface area contributed by atoms with E-state index in [2.05, 4.69) is 32.4 Å². The summed E-state index contributed by atoms with van der Waals surface area (Å²) in [5, 5.41) is 6.66. The van der Waals surface area contributed by atoms with Gasteiger partial charge in [-0.2, -0.15) is 4.98 Å². The van der Waals surface area contributed by atoms with Gasteiger partial charge < -0.3 is 21.3 Å². The highest BCUT2D eigenvalue weighted by atomic mass is 15.3. The lowest BCUT2D eigenvalue weighted by Crippen LogP contribution is -2.57. The molecule has 0 aliphatic carbocycles. The summed E-state index contributed by atoms with van der Waals surface area (Å²) in [7, 11) is 1.99. The van der Waals surface area contributed by atoms with E-state index in [1.165, 1.54) is 19.3 Å². The molecule has 0 unspecified atom stereocenters. The van der Waals surface area contributed by atoms with Crippen molar-refractivity contribution in [3.05, 3.63) is 11.8 Å².